The molecule has 0 spiro atoms. The van der Waals surface area contributed by atoms with Crippen molar-refractivity contribution in [1.82, 2.24) is 15.3 Å². The second-order valence-corrected chi connectivity index (χ2v) is 12.3. The van der Waals surface area contributed by atoms with Crippen molar-refractivity contribution in [3.8, 4) is 0 Å². The van der Waals surface area contributed by atoms with Gasteiger partial charge in [0.15, 0.2) is 5.13 Å². The number of benzene rings is 1. The Hall–Kier alpha value is -3.21. The van der Waals surface area contributed by atoms with Crippen molar-refractivity contribution >= 4 is 28.3 Å². The summed E-state index contributed by atoms with van der Waals surface area (Å²) in [6.07, 6.45) is 4.66. The number of hydrogen-bond donors (Lipinski definition) is 4. The highest BCUT2D eigenvalue weighted by Gasteiger charge is 2.59. The molecule has 5 rings (SSSR count). The standard InChI is InChI=1S/C29H33FN4O4S/c1-28-9-8-23(36)29(2,16-35)22(28)13-21-25(20(28)12-24(37)32-15-17-5-4-10-31-14-17)33-27(39-21)34-26(38)18-6-3-7-19(30)11-18/h3-7,10-11,14,20,22-23,35-36H,8-9,12-13,15-16H2,1-2H3,(H,32,37)(H,33,34,38). The predicted octanol–water partition coefficient (Wildman–Crippen LogP) is 4.05. The Bertz CT molecular complexity index is 1370. The number of nitrogens with zero attached hydrogens (tertiary/aromatic N) is 2. The third kappa shape index (κ3) is 5.20. The Morgan fingerprint density at radius 3 is 2.77 bits per heavy atom. The summed E-state index contributed by atoms with van der Waals surface area (Å²) in [5, 5.41) is 27.5. The van der Waals surface area contributed by atoms with Gasteiger partial charge in [-0.1, -0.05) is 26.0 Å². The second-order valence-electron chi connectivity index (χ2n) is 11.2. The summed E-state index contributed by atoms with van der Waals surface area (Å²) in [6.45, 7) is 4.22. The SMILES string of the molecule is CC1(CO)C(O)CCC2(C)C(CC(=O)NCc3cccnc3)c3nc(NC(=O)c4cccc(F)c4)sc3CC12. The molecule has 2 heterocycles. The molecule has 2 amide bonds. The molecule has 3 aromatic rings. The molecule has 5 atom stereocenters. The van der Waals surface area contributed by atoms with Gasteiger partial charge in [-0.3, -0.25) is 19.9 Å². The lowest BCUT2D eigenvalue weighted by Crippen LogP contribution is -2.57. The van der Waals surface area contributed by atoms with Gasteiger partial charge in [-0.25, -0.2) is 9.37 Å². The first-order chi connectivity index (χ1) is 18.6. The van der Waals surface area contributed by atoms with Crippen LogP contribution < -0.4 is 10.6 Å². The summed E-state index contributed by atoms with van der Waals surface area (Å²) in [7, 11) is 0. The number of nitrogens with one attached hydrogen (secondary N) is 2. The van der Waals surface area contributed by atoms with Crippen molar-refractivity contribution in [2.24, 2.45) is 16.7 Å². The molecule has 206 valence electrons. The minimum atomic E-state index is -0.746. The Labute approximate surface area is 230 Å². The van der Waals surface area contributed by atoms with Gasteiger partial charge in [-0.05, 0) is 60.4 Å². The van der Waals surface area contributed by atoms with E-state index < -0.39 is 28.7 Å². The van der Waals surface area contributed by atoms with Crippen LogP contribution in [0, 0.1) is 22.6 Å². The summed E-state index contributed by atoms with van der Waals surface area (Å²) >= 11 is 1.33. The fourth-order valence-electron chi connectivity index (χ4n) is 6.46. The van der Waals surface area contributed by atoms with Gasteiger partial charge in [0.25, 0.3) is 5.91 Å². The Kier molecular flexibility index (Phi) is 7.54. The van der Waals surface area contributed by atoms with E-state index in [0.717, 1.165) is 16.1 Å². The summed E-state index contributed by atoms with van der Waals surface area (Å²) in [4.78, 5) is 35.9. The normalized spacial score (nSPS) is 27.8. The maximum Gasteiger partial charge on any atom is 0.257 e. The molecule has 0 saturated heterocycles. The van der Waals surface area contributed by atoms with Crippen molar-refractivity contribution in [2.75, 3.05) is 11.9 Å². The number of rotatable bonds is 7. The van der Waals surface area contributed by atoms with E-state index in [2.05, 4.69) is 22.5 Å². The largest absolute Gasteiger partial charge is 0.396 e. The maximum absolute atomic E-state index is 13.7. The minimum Gasteiger partial charge on any atom is -0.396 e. The molecule has 2 aliphatic carbocycles. The molecule has 1 fully saturated rings. The van der Waals surface area contributed by atoms with Crippen LogP contribution >= 0.6 is 11.3 Å². The fourth-order valence-corrected chi connectivity index (χ4v) is 7.52. The van der Waals surface area contributed by atoms with E-state index in [0.29, 0.717) is 30.9 Å². The van der Waals surface area contributed by atoms with Crippen LogP contribution in [0.5, 0.6) is 0 Å². The number of fused-ring (bicyclic) bond motifs is 2. The summed E-state index contributed by atoms with van der Waals surface area (Å²) in [5.41, 5.74) is 0.689. The van der Waals surface area contributed by atoms with Crippen molar-refractivity contribution < 1.29 is 24.2 Å². The van der Waals surface area contributed by atoms with Gasteiger partial charge < -0.3 is 15.5 Å². The summed E-state index contributed by atoms with van der Waals surface area (Å²) < 4.78 is 13.7. The molecule has 1 aromatic carbocycles. The predicted molar refractivity (Wildman–Crippen MR) is 146 cm³/mol. The monoisotopic (exact) mass is 552 g/mol. The quantitative estimate of drug-likeness (QED) is 0.351. The smallest absolute Gasteiger partial charge is 0.257 e. The Balaban J connectivity index is 1.45. The van der Waals surface area contributed by atoms with Gasteiger partial charge in [0, 0.05) is 47.1 Å². The molecule has 39 heavy (non-hydrogen) atoms. The molecular formula is C29H33FN4O4S. The zero-order valence-corrected chi connectivity index (χ0v) is 22.8. The Morgan fingerprint density at radius 1 is 1.23 bits per heavy atom. The molecule has 10 heteroatoms. The molecular weight excluding hydrogens is 519 g/mol. The second kappa shape index (κ2) is 10.7. The average Bonchev–Trinajstić information content (AvgIpc) is 3.33. The van der Waals surface area contributed by atoms with E-state index in [9.17, 15) is 24.2 Å². The molecule has 0 aliphatic heterocycles. The Morgan fingerprint density at radius 2 is 2.05 bits per heavy atom. The van der Waals surface area contributed by atoms with E-state index in [-0.39, 0.29) is 36.3 Å². The van der Waals surface area contributed by atoms with Gasteiger partial charge in [-0.2, -0.15) is 0 Å². The van der Waals surface area contributed by atoms with E-state index in [4.69, 9.17) is 4.98 Å². The molecule has 4 N–H and O–H groups in total. The fraction of sp³-hybridized carbons (Fsp3) is 0.448. The number of aromatic nitrogens is 2. The zero-order chi connectivity index (χ0) is 27.8. The van der Waals surface area contributed by atoms with Crippen LogP contribution in [0.25, 0.3) is 0 Å². The molecule has 2 aliphatic rings. The topological polar surface area (TPSA) is 124 Å². The van der Waals surface area contributed by atoms with Crippen LogP contribution in [0.2, 0.25) is 0 Å². The number of anilines is 1. The number of amides is 2. The zero-order valence-electron chi connectivity index (χ0n) is 22.0. The molecule has 5 unspecified atom stereocenters. The van der Waals surface area contributed by atoms with Crippen LogP contribution in [0.4, 0.5) is 9.52 Å². The first-order valence-electron chi connectivity index (χ1n) is 13.1. The third-order valence-electron chi connectivity index (χ3n) is 8.80. The molecule has 1 saturated carbocycles. The lowest BCUT2D eigenvalue weighted by Gasteiger charge is -2.58. The minimum absolute atomic E-state index is 0.102. The molecule has 8 nitrogen and oxygen atoms in total. The van der Waals surface area contributed by atoms with Gasteiger partial charge in [-0.15, -0.1) is 11.3 Å². The van der Waals surface area contributed by atoms with E-state index in [1.54, 1.807) is 12.4 Å². The van der Waals surface area contributed by atoms with Crippen molar-refractivity contribution in [2.45, 2.75) is 58.1 Å². The number of thiazole rings is 1. The van der Waals surface area contributed by atoms with Gasteiger partial charge in [0.05, 0.1) is 18.4 Å². The number of aliphatic hydroxyl groups is 2. The molecule has 0 radical (unpaired) electrons. The van der Waals surface area contributed by atoms with Crippen LogP contribution in [-0.4, -0.2) is 44.7 Å². The number of hydrogen-bond acceptors (Lipinski definition) is 7. The van der Waals surface area contributed by atoms with Gasteiger partial charge in [0.2, 0.25) is 5.91 Å². The van der Waals surface area contributed by atoms with Crippen LogP contribution in [0.15, 0.2) is 48.8 Å². The first kappa shape index (κ1) is 27.4. The highest BCUT2D eigenvalue weighted by Crippen LogP contribution is 2.62. The van der Waals surface area contributed by atoms with Crippen molar-refractivity contribution in [3.63, 3.8) is 0 Å². The molecule has 0 bridgehead atoms. The van der Waals surface area contributed by atoms with E-state index in [1.807, 2.05) is 19.1 Å². The summed E-state index contributed by atoms with van der Waals surface area (Å²) in [5.74, 6) is -1.49. The van der Waals surface area contributed by atoms with Crippen LogP contribution in [0.3, 0.4) is 0 Å². The summed E-state index contributed by atoms with van der Waals surface area (Å²) in [6, 6.07) is 9.17. The average molecular weight is 553 g/mol. The van der Waals surface area contributed by atoms with Crippen molar-refractivity contribution in [3.05, 3.63) is 76.3 Å². The van der Waals surface area contributed by atoms with Gasteiger partial charge >= 0.3 is 0 Å². The highest BCUT2D eigenvalue weighted by atomic mass is 32.1. The lowest BCUT2D eigenvalue weighted by atomic mass is 9.47. The third-order valence-corrected chi connectivity index (χ3v) is 9.81. The van der Waals surface area contributed by atoms with Crippen LogP contribution in [-0.2, 0) is 17.8 Å². The lowest BCUT2D eigenvalue weighted by molar-refractivity contribution is -0.144. The number of pyridine rings is 1. The van der Waals surface area contributed by atoms with Crippen LogP contribution in [0.1, 0.15) is 65.5 Å². The maximum atomic E-state index is 13.7. The van der Waals surface area contributed by atoms with Gasteiger partial charge in [0.1, 0.15) is 5.82 Å². The first-order valence-corrected chi connectivity index (χ1v) is 14.0. The van der Waals surface area contributed by atoms with E-state index >= 15 is 0 Å². The number of carbonyl (C=O) groups is 2. The molecule has 2 aromatic heterocycles. The number of aliphatic hydroxyl groups excluding tert-OH is 2. The number of halogens is 1. The van der Waals surface area contributed by atoms with E-state index in [1.165, 1.54) is 35.6 Å². The highest BCUT2D eigenvalue weighted by molar-refractivity contribution is 7.15. The van der Waals surface area contributed by atoms with Crippen molar-refractivity contribution in [1.29, 1.82) is 0 Å². The number of carbonyl (C=O) groups excluding carboxylic acids is 2.